The second-order valence-corrected chi connectivity index (χ2v) is 15.6. The fourth-order valence-corrected chi connectivity index (χ4v) is 7.02. The number of benzene rings is 1. The fraction of sp³-hybridized carbons (Fsp3) is 0.538. The molecule has 3 heterocycles. The van der Waals surface area contributed by atoms with Gasteiger partial charge in [-0.3, -0.25) is 15.0 Å². The van der Waals surface area contributed by atoms with Crippen molar-refractivity contribution in [2.45, 2.75) is 80.1 Å². The van der Waals surface area contributed by atoms with Crippen molar-refractivity contribution in [1.82, 2.24) is 4.98 Å². The van der Waals surface area contributed by atoms with E-state index in [-0.39, 0.29) is 79.6 Å². The molecule has 19 nitrogen and oxygen atoms in total. The van der Waals surface area contributed by atoms with E-state index in [2.05, 4.69) is 20.4 Å². The Morgan fingerprint density at radius 1 is 0.708 bits per heavy atom. The maximum atomic E-state index is 9.81. The van der Waals surface area contributed by atoms with Gasteiger partial charge in [-0.25, -0.2) is 4.99 Å². The summed E-state index contributed by atoms with van der Waals surface area (Å²) in [5.74, 6) is -1.28. The van der Waals surface area contributed by atoms with Crippen LogP contribution in [-0.2, 0) is 46.1 Å². The molecule has 399 valence electrons. The number of aromatic nitrogens is 1. The van der Waals surface area contributed by atoms with Gasteiger partial charge in [-0.1, -0.05) is 37.1 Å². The number of nitrogens with zero attached hydrogens (tertiary/aromatic N) is 5. The van der Waals surface area contributed by atoms with Gasteiger partial charge < -0.3 is 73.3 Å². The average Bonchev–Trinajstić information content (AvgIpc) is 3.98. The van der Waals surface area contributed by atoms with Gasteiger partial charge in [-0.15, -0.1) is 18.0 Å². The Morgan fingerprint density at radius 3 is 1.67 bits per heavy atom. The van der Waals surface area contributed by atoms with Crippen LogP contribution < -0.4 is 24.7 Å². The summed E-state index contributed by atoms with van der Waals surface area (Å²) >= 11 is 0. The van der Waals surface area contributed by atoms with E-state index in [0.717, 1.165) is 72.6 Å². The van der Waals surface area contributed by atoms with Crippen molar-refractivity contribution in [3.8, 4) is 11.5 Å². The Labute approximate surface area is 456 Å². The first-order chi connectivity index (χ1) is 34.3. The maximum Gasteiger partial charge on any atom is 3.00 e. The van der Waals surface area contributed by atoms with Gasteiger partial charge in [-0.2, -0.15) is 0 Å². The first-order valence-electron chi connectivity index (χ1n) is 23.8. The van der Waals surface area contributed by atoms with Gasteiger partial charge in [0.2, 0.25) is 0 Å². The standard InChI is InChI=1S/C48H68N5O10.2C2H4O2.Gd/c1-7-37-38(8-2)41(52-40(37)9-3)28-42-39(13-11-15-55)35(5)46(53-42)33-51-44-30-48(63-27-25-61-23-22-59-19-18-57-6)47(62-26-24-60-21-20-58-17-16-56)29-43(44)50-32-45-34(4)36(31-49-45)12-10-14-54;2*1-2(3)4;/h9,28-30,32-33,54-56H,3,7-8,10-27,31H2,1-2,4-6H3;2*1H3,(H,3,4);/q-1;;;+3/p-2/b42-28-,50-32?,51-33?;;;. The summed E-state index contributed by atoms with van der Waals surface area (Å²) in [5, 5.41) is 46.0. The van der Waals surface area contributed by atoms with E-state index in [9.17, 15) is 10.2 Å². The Balaban J connectivity index is 0.00000267. The summed E-state index contributed by atoms with van der Waals surface area (Å²) in [6.07, 6.45) is 11.7. The number of methoxy groups -OCH3 is 1. The molecule has 1 aromatic carbocycles. The Bertz CT molecular complexity index is 2170. The summed E-state index contributed by atoms with van der Waals surface area (Å²) in [6, 6.07) is 3.59. The van der Waals surface area contributed by atoms with E-state index in [4.69, 9.17) is 83.0 Å². The number of aliphatic imine (C=N–C) groups is 4. The smallest absolute Gasteiger partial charge is 0.657 e. The van der Waals surface area contributed by atoms with Crippen LogP contribution in [0.25, 0.3) is 12.2 Å². The Morgan fingerprint density at radius 2 is 1.18 bits per heavy atom. The van der Waals surface area contributed by atoms with E-state index < -0.39 is 11.9 Å². The topological polar surface area (TPSA) is 269 Å². The van der Waals surface area contributed by atoms with Crippen molar-refractivity contribution in [2.75, 3.05) is 106 Å². The van der Waals surface area contributed by atoms with E-state index in [0.29, 0.717) is 107 Å². The molecule has 0 saturated carbocycles. The van der Waals surface area contributed by atoms with Crippen LogP contribution in [0.5, 0.6) is 11.5 Å². The van der Waals surface area contributed by atoms with Crippen molar-refractivity contribution < 1.29 is 108 Å². The Kier molecular flexibility index (Phi) is 35.8. The SMILES string of the molecule is C=Cc1[n-]c(/C=C2\N=C(C=Nc3cc(OCCOCCOCCOC)c(OCCOCCOCCO)cc3N=CC3=NCC(CCCO)=C3C)C(C)=C2CCCO)c(CC)c1CC.CC(=O)[O-].CC(=O)[O-].[Gd+3]. The molecule has 0 unspecified atom stereocenters. The minimum atomic E-state index is -1.08. The number of carbonyl (C=O) groups excluding carboxylic acids is 2. The predicted molar refractivity (Wildman–Crippen MR) is 272 cm³/mol. The van der Waals surface area contributed by atoms with E-state index in [1.54, 1.807) is 31.7 Å². The van der Waals surface area contributed by atoms with Gasteiger partial charge in [0, 0.05) is 44.4 Å². The molecule has 20 heteroatoms. The van der Waals surface area contributed by atoms with Crippen LogP contribution >= 0.6 is 0 Å². The minimum absolute atomic E-state index is 0. The quantitative estimate of drug-likeness (QED) is 0.0676. The van der Waals surface area contributed by atoms with Gasteiger partial charge in [-0.05, 0) is 88.5 Å². The normalized spacial score (nSPS) is 13.8. The number of allylic oxidation sites excluding steroid dienone is 3. The molecule has 2 aliphatic heterocycles. The van der Waals surface area contributed by atoms with Gasteiger partial charge in [0.1, 0.15) is 13.2 Å². The van der Waals surface area contributed by atoms with Crippen molar-refractivity contribution >= 4 is 59.3 Å². The molecule has 3 N–H and O–H groups in total. The monoisotopic (exact) mass is 1150 g/mol. The molecule has 2 aliphatic rings. The molecular formula is C52H74GdN5O14. The van der Waals surface area contributed by atoms with Crippen LogP contribution in [-0.4, -0.2) is 157 Å². The third kappa shape index (κ3) is 24.6. The molecule has 0 bridgehead atoms. The van der Waals surface area contributed by atoms with Crippen LogP contribution in [0, 0.1) is 39.9 Å². The molecule has 0 amide bonds. The largest absolute Gasteiger partial charge is 3.00 e. The summed E-state index contributed by atoms with van der Waals surface area (Å²) in [5.41, 5.74) is 11.7. The molecule has 1 aromatic heterocycles. The van der Waals surface area contributed by atoms with Crippen LogP contribution in [0.4, 0.5) is 11.4 Å². The second kappa shape index (κ2) is 39.2. The number of hydrogen-bond acceptors (Lipinski definition) is 18. The summed E-state index contributed by atoms with van der Waals surface area (Å²) in [4.78, 5) is 42.4. The molecular weight excluding hydrogens is 1080 g/mol. The first-order valence-corrected chi connectivity index (χ1v) is 23.8. The van der Waals surface area contributed by atoms with Crippen molar-refractivity contribution in [3.63, 3.8) is 0 Å². The molecule has 72 heavy (non-hydrogen) atoms. The second-order valence-electron chi connectivity index (χ2n) is 15.6. The van der Waals surface area contributed by atoms with Gasteiger partial charge in [0.25, 0.3) is 0 Å². The van der Waals surface area contributed by atoms with E-state index in [1.165, 1.54) is 16.7 Å². The van der Waals surface area contributed by atoms with Crippen LogP contribution in [0.15, 0.2) is 66.7 Å². The van der Waals surface area contributed by atoms with Crippen LogP contribution in [0.1, 0.15) is 89.7 Å². The molecule has 0 saturated heterocycles. The van der Waals surface area contributed by atoms with Crippen molar-refractivity contribution in [1.29, 1.82) is 0 Å². The molecule has 0 atom stereocenters. The summed E-state index contributed by atoms with van der Waals surface area (Å²) < 4.78 is 39.8. The number of carboxylic acid groups (broad SMARTS) is 2. The van der Waals surface area contributed by atoms with Crippen molar-refractivity contribution in [3.05, 3.63) is 69.2 Å². The molecule has 2 aromatic rings. The van der Waals surface area contributed by atoms with Gasteiger partial charge in [0.05, 0.1) is 114 Å². The number of rotatable bonds is 33. The molecule has 1 radical (unpaired) electrons. The summed E-state index contributed by atoms with van der Waals surface area (Å²) in [7, 11) is 1.63. The van der Waals surface area contributed by atoms with Gasteiger partial charge in [0.15, 0.2) is 11.5 Å². The minimum Gasteiger partial charge on any atom is -0.657 e. The molecule has 0 fully saturated rings. The predicted octanol–water partition coefficient (Wildman–Crippen LogP) is 3.92. The third-order valence-electron chi connectivity index (χ3n) is 10.4. The molecule has 0 spiro atoms. The van der Waals surface area contributed by atoms with E-state index >= 15 is 0 Å². The zero-order valence-electron chi connectivity index (χ0n) is 42.9. The number of hydrogen-bond donors (Lipinski definition) is 3. The number of aliphatic carboxylic acids is 2. The number of ether oxygens (including phenoxy) is 7. The number of carboxylic acids is 2. The van der Waals surface area contributed by atoms with Crippen LogP contribution in [0.2, 0.25) is 0 Å². The summed E-state index contributed by atoms with van der Waals surface area (Å²) in [6.45, 7) is 18.8. The van der Waals surface area contributed by atoms with Crippen LogP contribution in [0.3, 0.4) is 0 Å². The number of carbonyl (C=O) groups is 2. The van der Waals surface area contributed by atoms with E-state index in [1.807, 2.05) is 26.0 Å². The van der Waals surface area contributed by atoms with Gasteiger partial charge >= 0.3 is 39.9 Å². The molecule has 4 rings (SSSR count). The number of aliphatic hydroxyl groups excluding tert-OH is 3. The first kappa shape index (κ1) is 65.7. The third-order valence-corrected chi connectivity index (χ3v) is 10.4. The zero-order chi connectivity index (χ0) is 52.4. The number of aliphatic hydroxyl groups is 3. The zero-order valence-corrected chi connectivity index (χ0v) is 45.2. The average molecular weight is 1150 g/mol. The Hall–Kier alpha value is -4.32. The van der Waals surface area contributed by atoms with Crippen molar-refractivity contribution in [2.24, 2.45) is 20.0 Å². The maximum absolute atomic E-state index is 9.81. The molecule has 0 aliphatic carbocycles. The fourth-order valence-electron chi connectivity index (χ4n) is 7.02.